The van der Waals surface area contributed by atoms with Gasteiger partial charge in [-0.3, -0.25) is 9.59 Å². The van der Waals surface area contributed by atoms with Crippen LogP contribution in [0.5, 0.6) is 0 Å². The van der Waals surface area contributed by atoms with Crippen molar-refractivity contribution < 1.29 is 9.18 Å². The molecule has 1 amide bonds. The molecule has 0 fully saturated rings. The average molecular weight is 357 g/mol. The molecule has 0 saturated heterocycles. The van der Waals surface area contributed by atoms with E-state index in [0.29, 0.717) is 16.3 Å². The molecule has 0 spiro atoms. The molecule has 0 saturated carbocycles. The van der Waals surface area contributed by atoms with Gasteiger partial charge in [0.2, 0.25) is 0 Å². The van der Waals surface area contributed by atoms with E-state index in [-0.39, 0.29) is 23.8 Å². The van der Waals surface area contributed by atoms with Gasteiger partial charge in [-0.15, -0.1) is 0 Å². The average Bonchev–Trinajstić information content (AvgIpc) is 2.60. The van der Waals surface area contributed by atoms with Crippen LogP contribution in [0.25, 0.3) is 0 Å². The molecule has 3 rings (SSSR count). The summed E-state index contributed by atoms with van der Waals surface area (Å²) >= 11 is 6.03. The summed E-state index contributed by atoms with van der Waals surface area (Å²) < 4.78 is 14.4. The molecule has 0 aliphatic carbocycles. The van der Waals surface area contributed by atoms with Gasteiger partial charge in [-0.05, 0) is 35.9 Å². The molecule has 3 aromatic rings. The van der Waals surface area contributed by atoms with Gasteiger partial charge in [-0.1, -0.05) is 35.9 Å². The maximum atomic E-state index is 13.0. The number of aromatic nitrogens is 1. The molecule has 0 aliphatic rings. The molecule has 1 heterocycles. The lowest BCUT2D eigenvalue weighted by Gasteiger charge is -2.10. The quantitative estimate of drug-likeness (QED) is 0.769. The van der Waals surface area contributed by atoms with E-state index >= 15 is 0 Å². The summed E-state index contributed by atoms with van der Waals surface area (Å²) in [6, 6.07) is 15.5. The van der Waals surface area contributed by atoms with Gasteiger partial charge in [-0.25, -0.2) is 4.39 Å². The minimum absolute atomic E-state index is 0.242. The van der Waals surface area contributed by atoms with Crippen molar-refractivity contribution in [2.75, 3.05) is 5.32 Å². The Balaban J connectivity index is 1.83. The van der Waals surface area contributed by atoms with Gasteiger partial charge >= 0.3 is 0 Å². The fourth-order valence-corrected chi connectivity index (χ4v) is 2.52. The van der Waals surface area contributed by atoms with Crippen LogP contribution in [0.3, 0.4) is 0 Å². The number of carbonyl (C=O) groups is 1. The van der Waals surface area contributed by atoms with Gasteiger partial charge in [0.25, 0.3) is 11.5 Å². The summed E-state index contributed by atoms with van der Waals surface area (Å²) in [5.74, 6) is -0.718. The predicted octanol–water partition coefficient (Wildman–Crippen LogP) is 3.94. The number of hydrogen-bond donors (Lipinski definition) is 1. The van der Waals surface area contributed by atoms with Gasteiger partial charge in [0.1, 0.15) is 5.82 Å². The highest BCUT2D eigenvalue weighted by Crippen LogP contribution is 2.21. The number of pyridine rings is 1. The van der Waals surface area contributed by atoms with Gasteiger partial charge < -0.3 is 9.88 Å². The molecule has 0 bridgehead atoms. The Bertz CT molecular complexity index is 968. The van der Waals surface area contributed by atoms with Crippen LogP contribution in [0, 0.1) is 5.82 Å². The second-order valence-electron chi connectivity index (χ2n) is 5.44. The lowest BCUT2D eigenvalue weighted by atomic mass is 10.2. The third kappa shape index (κ3) is 4.14. The van der Waals surface area contributed by atoms with Crippen molar-refractivity contribution in [3.63, 3.8) is 0 Å². The summed E-state index contributed by atoms with van der Waals surface area (Å²) in [6.45, 7) is 0.242. The summed E-state index contributed by atoms with van der Waals surface area (Å²) in [5.41, 5.74) is 1.32. The molecule has 0 radical (unpaired) electrons. The first-order chi connectivity index (χ1) is 12.0. The predicted molar refractivity (Wildman–Crippen MR) is 95.6 cm³/mol. The highest BCUT2D eigenvalue weighted by Gasteiger charge is 2.10. The SMILES string of the molecule is O=C(Nc1ccccc1Cl)c1ccc(=O)n(Cc2ccc(F)cc2)c1. The van der Waals surface area contributed by atoms with Crippen molar-refractivity contribution in [1.29, 1.82) is 0 Å². The maximum Gasteiger partial charge on any atom is 0.257 e. The molecule has 1 N–H and O–H groups in total. The van der Waals surface area contributed by atoms with E-state index in [0.717, 1.165) is 5.56 Å². The van der Waals surface area contributed by atoms with Crippen LogP contribution in [-0.2, 0) is 6.54 Å². The van der Waals surface area contributed by atoms with Gasteiger partial charge in [-0.2, -0.15) is 0 Å². The van der Waals surface area contributed by atoms with Gasteiger partial charge in [0.05, 0.1) is 22.8 Å². The minimum Gasteiger partial charge on any atom is -0.321 e. The first-order valence-corrected chi connectivity index (χ1v) is 7.91. The molecule has 2 aromatic carbocycles. The van der Waals surface area contributed by atoms with Crippen molar-refractivity contribution in [2.24, 2.45) is 0 Å². The highest BCUT2D eigenvalue weighted by atomic mass is 35.5. The fraction of sp³-hybridized carbons (Fsp3) is 0.0526. The topological polar surface area (TPSA) is 51.1 Å². The Morgan fingerprint density at radius 2 is 1.76 bits per heavy atom. The molecule has 126 valence electrons. The standard InChI is InChI=1S/C19H14ClFN2O2/c20-16-3-1-2-4-17(16)22-19(25)14-7-10-18(24)23(12-14)11-13-5-8-15(21)9-6-13/h1-10,12H,11H2,(H,22,25). The second kappa shape index (κ2) is 7.32. The number of nitrogens with zero attached hydrogens (tertiary/aromatic N) is 1. The van der Waals surface area contributed by atoms with Crippen LogP contribution in [0.1, 0.15) is 15.9 Å². The molecule has 0 unspecified atom stereocenters. The number of para-hydroxylation sites is 1. The Labute approximate surface area is 148 Å². The first kappa shape index (κ1) is 16.9. The first-order valence-electron chi connectivity index (χ1n) is 7.54. The Hall–Kier alpha value is -2.92. The van der Waals surface area contributed by atoms with E-state index in [2.05, 4.69) is 5.32 Å². The molecule has 0 aliphatic heterocycles. The van der Waals surface area contributed by atoms with E-state index < -0.39 is 0 Å². The molecule has 1 aromatic heterocycles. The zero-order valence-corrected chi connectivity index (χ0v) is 13.8. The van der Waals surface area contributed by atoms with E-state index in [1.165, 1.54) is 35.0 Å². The van der Waals surface area contributed by atoms with Crippen LogP contribution >= 0.6 is 11.6 Å². The Morgan fingerprint density at radius 3 is 2.48 bits per heavy atom. The third-order valence-corrected chi connectivity index (χ3v) is 3.96. The van der Waals surface area contributed by atoms with Crippen molar-refractivity contribution in [2.45, 2.75) is 6.54 Å². The number of nitrogens with one attached hydrogen (secondary N) is 1. The van der Waals surface area contributed by atoms with Crippen molar-refractivity contribution >= 4 is 23.2 Å². The zero-order valence-electron chi connectivity index (χ0n) is 13.1. The Kier molecular flexibility index (Phi) is 4.95. The maximum absolute atomic E-state index is 13.0. The van der Waals surface area contributed by atoms with Crippen LogP contribution in [0.4, 0.5) is 10.1 Å². The minimum atomic E-state index is -0.374. The third-order valence-electron chi connectivity index (χ3n) is 3.63. The molecule has 25 heavy (non-hydrogen) atoms. The monoisotopic (exact) mass is 356 g/mol. The second-order valence-corrected chi connectivity index (χ2v) is 5.85. The number of benzene rings is 2. The smallest absolute Gasteiger partial charge is 0.257 e. The largest absolute Gasteiger partial charge is 0.321 e. The lowest BCUT2D eigenvalue weighted by Crippen LogP contribution is -2.22. The molecular weight excluding hydrogens is 343 g/mol. The molecule has 6 heteroatoms. The summed E-state index contributed by atoms with van der Waals surface area (Å²) in [4.78, 5) is 24.4. The van der Waals surface area contributed by atoms with Crippen molar-refractivity contribution in [3.05, 3.63) is 99.2 Å². The van der Waals surface area contributed by atoms with E-state index in [4.69, 9.17) is 11.6 Å². The summed E-state index contributed by atoms with van der Waals surface area (Å²) in [5, 5.41) is 3.14. The van der Waals surface area contributed by atoms with Crippen LogP contribution in [-0.4, -0.2) is 10.5 Å². The number of anilines is 1. The normalized spacial score (nSPS) is 10.5. The number of rotatable bonds is 4. The van der Waals surface area contributed by atoms with Gasteiger partial charge in [0, 0.05) is 12.3 Å². The molecule has 4 nitrogen and oxygen atoms in total. The van der Waals surface area contributed by atoms with E-state index in [9.17, 15) is 14.0 Å². The highest BCUT2D eigenvalue weighted by molar-refractivity contribution is 6.33. The Morgan fingerprint density at radius 1 is 1.04 bits per heavy atom. The lowest BCUT2D eigenvalue weighted by molar-refractivity contribution is 0.102. The number of halogens is 2. The van der Waals surface area contributed by atoms with Crippen LogP contribution in [0.2, 0.25) is 5.02 Å². The number of carbonyl (C=O) groups excluding carboxylic acids is 1. The van der Waals surface area contributed by atoms with Gasteiger partial charge in [0.15, 0.2) is 0 Å². The number of hydrogen-bond acceptors (Lipinski definition) is 2. The summed E-state index contributed by atoms with van der Waals surface area (Å²) in [7, 11) is 0. The van der Waals surface area contributed by atoms with Crippen LogP contribution < -0.4 is 10.9 Å². The fourth-order valence-electron chi connectivity index (χ4n) is 2.33. The van der Waals surface area contributed by atoms with Crippen molar-refractivity contribution in [3.8, 4) is 0 Å². The van der Waals surface area contributed by atoms with E-state index in [1.807, 2.05) is 0 Å². The van der Waals surface area contributed by atoms with E-state index in [1.54, 1.807) is 36.4 Å². The summed E-state index contributed by atoms with van der Waals surface area (Å²) in [6.07, 6.45) is 1.47. The van der Waals surface area contributed by atoms with Crippen molar-refractivity contribution in [1.82, 2.24) is 4.57 Å². The zero-order chi connectivity index (χ0) is 17.8. The van der Waals surface area contributed by atoms with Crippen LogP contribution in [0.15, 0.2) is 71.7 Å². The number of amides is 1. The molecular formula is C19H14ClFN2O2. The molecule has 0 atom stereocenters.